The van der Waals surface area contributed by atoms with Crippen LogP contribution in [0, 0.1) is 5.41 Å². The third-order valence-electron chi connectivity index (χ3n) is 3.06. The Hall–Kier alpha value is -2.12. The average Bonchev–Trinajstić information content (AvgIpc) is 2.55. The van der Waals surface area contributed by atoms with Gasteiger partial charge in [0.2, 0.25) is 5.04 Å². The molecule has 2 rings (SSSR count). The SMILES string of the molecule is N=C(SC(=[NH2+])COCc1ccccc1)c1ccc(C(F)(F)F)cc1. The first-order valence-electron chi connectivity index (χ1n) is 7.03. The van der Waals surface area contributed by atoms with Gasteiger partial charge < -0.3 is 4.74 Å². The number of nitrogens with one attached hydrogen (secondary N) is 1. The Morgan fingerprint density at radius 2 is 1.67 bits per heavy atom. The molecular weight excluding hydrogens is 337 g/mol. The number of nitrogens with two attached hydrogens (primary N) is 1. The molecule has 0 amide bonds. The van der Waals surface area contributed by atoms with Gasteiger partial charge in [-0.2, -0.15) is 13.2 Å². The van der Waals surface area contributed by atoms with Gasteiger partial charge in [0.1, 0.15) is 11.7 Å². The van der Waals surface area contributed by atoms with Crippen molar-refractivity contribution in [2.24, 2.45) is 0 Å². The molecule has 0 aliphatic heterocycles. The van der Waals surface area contributed by atoms with Gasteiger partial charge in [0.15, 0.2) is 0 Å². The molecule has 0 unspecified atom stereocenters. The standard InChI is InChI=1S/C17H15F3N2OS/c18-17(19,20)14-8-6-13(7-9-14)16(22)24-15(21)11-23-10-12-4-2-1-3-5-12/h1-9,21-22H,10-11H2/p+1. The van der Waals surface area contributed by atoms with Crippen LogP contribution < -0.4 is 5.41 Å². The molecule has 3 N–H and O–H groups in total. The van der Waals surface area contributed by atoms with Gasteiger partial charge in [-0.25, -0.2) is 0 Å². The van der Waals surface area contributed by atoms with E-state index in [0.29, 0.717) is 17.2 Å². The van der Waals surface area contributed by atoms with Crippen molar-refractivity contribution < 1.29 is 23.3 Å². The summed E-state index contributed by atoms with van der Waals surface area (Å²) in [6.45, 7) is 0.554. The highest BCUT2D eigenvalue weighted by Gasteiger charge is 2.30. The maximum absolute atomic E-state index is 12.5. The Balaban J connectivity index is 1.82. The Bertz CT molecular complexity index is 700. The molecule has 0 aliphatic rings. The number of rotatable bonds is 5. The molecule has 0 fully saturated rings. The lowest BCUT2D eigenvalue weighted by atomic mass is 10.1. The third kappa shape index (κ3) is 5.50. The molecule has 7 heteroatoms. The van der Waals surface area contributed by atoms with E-state index in [2.05, 4.69) is 0 Å². The second-order valence-electron chi connectivity index (χ2n) is 4.95. The van der Waals surface area contributed by atoms with Crippen LogP contribution in [0.15, 0.2) is 54.6 Å². The number of halogens is 3. The molecule has 0 aliphatic carbocycles. The van der Waals surface area contributed by atoms with E-state index in [1.54, 1.807) is 0 Å². The molecule has 0 atom stereocenters. The zero-order valence-corrected chi connectivity index (χ0v) is 13.5. The molecule has 0 bridgehead atoms. The van der Waals surface area contributed by atoms with Crippen LogP contribution in [0.5, 0.6) is 0 Å². The number of thioether (sulfide) groups is 1. The number of hydrogen-bond donors (Lipinski definition) is 2. The summed E-state index contributed by atoms with van der Waals surface area (Å²) in [5, 5.41) is 14.2. The molecule has 0 saturated carbocycles. The Labute approximate surface area is 141 Å². The molecule has 3 nitrogen and oxygen atoms in total. The minimum absolute atomic E-state index is 0.0736. The van der Waals surface area contributed by atoms with Crippen molar-refractivity contribution in [2.75, 3.05) is 6.61 Å². The average molecular weight is 353 g/mol. The van der Waals surface area contributed by atoms with Gasteiger partial charge >= 0.3 is 6.18 Å². The lowest BCUT2D eigenvalue weighted by molar-refractivity contribution is -0.137. The van der Waals surface area contributed by atoms with Crippen LogP contribution in [-0.4, -0.2) is 16.7 Å². The van der Waals surface area contributed by atoms with Crippen molar-refractivity contribution in [3.63, 3.8) is 0 Å². The maximum Gasteiger partial charge on any atom is 0.416 e. The highest BCUT2D eigenvalue weighted by atomic mass is 32.2. The minimum atomic E-state index is -4.38. The van der Waals surface area contributed by atoms with Gasteiger partial charge in [-0.05, 0) is 29.5 Å². The summed E-state index contributed by atoms with van der Waals surface area (Å²) in [6, 6.07) is 14.0. The molecule has 0 saturated heterocycles. The van der Waals surface area contributed by atoms with Crippen molar-refractivity contribution in [2.45, 2.75) is 12.8 Å². The largest absolute Gasteiger partial charge is 0.416 e. The quantitative estimate of drug-likeness (QED) is 0.641. The first-order chi connectivity index (χ1) is 11.4. The fraction of sp³-hybridized carbons (Fsp3) is 0.176. The highest BCUT2D eigenvalue weighted by Crippen LogP contribution is 2.29. The van der Waals surface area contributed by atoms with E-state index in [0.717, 1.165) is 29.5 Å². The van der Waals surface area contributed by atoms with Crippen LogP contribution in [0.2, 0.25) is 0 Å². The number of benzene rings is 2. The first kappa shape index (κ1) is 18.2. The molecule has 2 aromatic rings. The summed E-state index contributed by atoms with van der Waals surface area (Å²) < 4.78 is 43.0. The summed E-state index contributed by atoms with van der Waals surface area (Å²) in [7, 11) is 0. The number of hydrogen-bond acceptors (Lipinski definition) is 3. The zero-order chi connectivity index (χ0) is 17.6. The van der Waals surface area contributed by atoms with E-state index in [1.165, 1.54) is 12.1 Å². The monoisotopic (exact) mass is 353 g/mol. The summed E-state index contributed by atoms with van der Waals surface area (Å²) in [5.41, 5.74) is 0.638. The third-order valence-corrected chi connectivity index (χ3v) is 3.88. The van der Waals surface area contributed by atoms with Crippen LogP contribution in [-0.2, 0) is 17.5 Å². The minimum Gasteiger partial charge on any atom is -0.365 e. The van der Waals surface area contributed by atoms with Gasteiger partial charge in [-0.1, -0.05) is 42.5 Å². The van der Waals surface area contributed by atoms with E-state index in [4.69, 9.17) is 15.6 Å². The lowest BCUT2D eigenvalue weighted by Gasteiger charge is -2.08. The summed E-state index contributed by atoms with van der Waals surface area (Å²) in [4.78, 5) is 0. The number of ether oxygens (including phenoxy) is 1. The van der Waals surface area contributed by atoms with Crippen LogP contribution in [0.1, 0.15) is 16.7 Å². The van der Waals surface area contributed by atoms with Crippen LogP contribution in [0.25, 0.3) is 0 Å². The summed E-state index contributed by atoms with van der Waals surface area (Å²) in [5.74, 6) is 0. The van der Waals surface area contributed by atoms with Crippen molar-refractivity contribution >= 4 is 21.8 Å². The molecule has 24 heavy (non-hydrogen) atoms. The molecule has 0 radical (unpaired) electrons. The van der Waals surface area contributed by atoms with Crippen molar-refractivity contribution in [3.8, 4) is 0 Å². The van der Waals surface area contributed by atoms with Gasteiger partial charge in [-0.3, -0.25) is 10.8 Å². The smallest absolute Gasteiger partial charge is 0.365 e. The highest BCUT2D eigenvalue weighted by molar-refractivity contribution is 8.26. The van der Waals surface area contributed by atoms with E-state index in [1.807, 2.05) is 30.3 Å². The molecule has 0 heterocycles. The fourth-order valence-electron chi connectivity index (χ4n) is 1.87. The van der Waals surface area contributed by atoms with E-state index in [-0.39, 0.29) is 11.7 Å². The van der Waals surface area contributed by atoms with Crippen LogP contribution in [0.4, 0.5) is 13.2 Å². The first-order valence-corrected chi connectivity index (χ1v) is 7.85. The molecule has 2 aromatic carbocycles. The van der Waals surface area contributed by atoms with E-state index >= 15 is 0 Å². The second kappa shape index (κ2) is 8.12. The molecular formula is C17H16F3N2OS+. The second-order valence-corrected chi connectivity index (χ2v) is 6.09. The normalized spacial score (nSPS) is 11.3. The topological polar surface area (TPSA) is 58.7 Å². The van der Waals surface area contributed by atoms with Gasteiger partial charge in [0.05, 0.1) is 12.2 Å². The fourth-order valence-corrected chi connectivity index (χ4v) is 2.53. The molecule has 126 valence electrons. The van der Waals surface area contributed by atoms with Gasteiger partial charge in [-0.15, -0.1) is 0 Å². The lowest BCUT2D eigenvalue weighted by Crippen LogP contribution is -2.41. The van der Waals surface area contributed by atoms with Gasteiger partial charge in [0.25, 0.3) is 0 Å². The molecule has 0 spiro atoms. The Kier molecular flexibility index (Phi) is 6.16. The maximum atomic E-state index is 12.5. The predicted molar refractivity (Wildman–Crippen MR) is 88.9 cm³/mol. The van der Waals surface area contributed by atoms with Crippen molar-refractivity contribution in [1.82, 2.24) is 0 Å². The Morgan fingerprint density at radius 3 is 2.25 bits per heavy atom. The van der Waals surface area contributed by atoms with Crippen molar-refractivity contribution in [1.29, 1.82) is 5.41 Å². The zero-order valence-electron chi connectivity index (χ0n) is 12.6. The van der Waals surface area contributed by atoms with E-state index in [9.17, 15) is 13.2 Å². The summed E-state index contributed by atoms with van der Waals surface area (Å²) >= 11 is 0.973. The van der Waals surface area contributed by atoms with Crippen LogP contribution in [0.3, 0.4) is 0 Å². The van der Waals surface area contributed by atoms with Gasteiger partial charge in [0, 0.05) is 5.56 Å². The number of alkyl halides is 3. The molecule has 0 aromatic heterocycles. The van der Waals surface area contributed by atoms with Crippen LogP contribution >= 0.6 is 11.8 Å². The Morgan fingerprint density at radius 1 is 1.04 bits per heavy atom. The predicted octanol–water partition coefficient (Wildman–Crippen LogP) is 3.14. The van der Waals surface area contributed by atoms with E-state index < -0.39 is 11.7 Å². The summed E-state index contributed by atoms with van der Waals surface area (Å²) in [6.07, 6.45) is -4.38. The van der Waals surface area contributed by atoms with Crippen molar-refractivity contribution in [3.05, 3.63) is 71.3 Å².